The Morgan fingerprint density at radius 1 is 1.59 bits per heavy atom. The summed E-state index contributed by atoms with van der Waals surface area (Å²) in [6, 6.07) is 4.70. The lowest BCUT2D eigenvalue weighted by Gasteiger charge is -2.22. The summed E-state index contributed by atoms with van der Waals surface area (Å²) in [7, 11) is 0. The van der Waals surface area contributed by atoms with E-state index in [9.17, 15) is 9.18 Å². The summed E-state index contributed by atoms with van der Waals surface area (Å²) in [4.78, 5) is 12.0. The number of hydrogen-bond acceptors (Lipinski definition) is 3. The number of nitrogens with one attached hydrogen (secondary N) is 1. The Morgan fingerprint density at radius 3 is 3.12 bits per heavy atom. The van der Waals surface area contributed by atoms with Crippen molar-refractivity contribution in [1.82, 2.24) is 5.32 Å². The molecule has 0 radical (unpaired) electrons. The van der Waals surface area contributed by atoms with E-state index in [1.807, 2.05) is 0 Å². The van der Waals surface area contributed by atoms with Gasteiger partial charge in [-0.25, -0.2) is 4.39 Å². The molecule has 5 heteroatoms. The van der Waals surface area contributed by atoms with E-state index in [2.05, 4.69) is 21.2 Å². The maximum absolute atomic E-state index is 13.3. The molecule has 1 aliphatic rings. The Kier molecular flexibility index (Phi) is 4.59. The molecule has 17 heavy (non-hydrogen) atoms. The Hall–Kier alpha value is -0.390. The molecule has 0 bridgehead atoms. The van der Waals surface area contributed by atoms with E-state index in [4.69, 9.17) is 0 Å². The Morgan fingerprint density at radius 2 is 2.41 bits per heavy atom. The highest BCUT2D eigenvalue weighted by atomic mass is 79.9. The second-order valence-corrected chi connectivity index (χ2v) is 5.88. The van der Waals surface area contributed by atoms with E-state index in [1.165, 1.54) is 6.07 Å². The number of thioether (sulfide) groups is 1. The predicted octanol–water partition coefficient (Wildman–Crippen LogP) is 2.40. The summed E-state index contributed by atoms with van der Waals surface area (Å²) in [5.41, 5.74) is 0.715. The predicted molar refractivity (Wildman–Crippen MR) is 71.9 cm³/mol. The smallest absolute Gasteiger partial charge is 0.154 e. The monoisotopic (exact) mass is 317 g/mol. The fourth-order valence-electron chi connectivity index (χ4n) is 1.77. The average molecular weight is 318 g/mol. The molecule has 1 heterocycles. The molecule has 1 aromatic rings. The first kappa shape index (κ1) is 13.1. The second kappa shape index (κ2) is 5.98. The van der Waals surface area contributed by atoms with Crippen LogP contribution in [0, 0.1) is 5.82 Å². The fourth-order valence-corrected chi connectivity index (χ4v) is 3.14. The topological polar surface area (TPSA) is 29.1 Å². The minimum atomic E-state index is -0.318. The van der Waals surface area contributed by atoms with Crippen LogP contribution in [0.4, 0.5) is 4.39 Å². The number of benzene rings is 1. The molecule has 1 unspecified atom stereocenters. The van der Waals surface area contributed by atoms with Gasteiger partial charge >= 0.3 is 0 Å². The highest BCUT2D eigenvalue weighted by Gasteiger charge is 2.21. The second-order valence-electron chi connectivity index (χ2n) is 3.94. The number of halogens is 2. The van der Waals surface area contributed by atoms with Gasteiger partial charge in [-0.05, 0) is 27.6 Å². The van der Waals surface area contributed by atoms with Crippen molar-refractivity contribution in [2.45, 2.75) is 12.5 Å². The maximum Gasteiger partial charge on any atom is 0.154 e. The van der Waals surface area contributed by atoms with Crippen molar-refractivity contribution in [3.63, 3.8) is 0 Å². The highest BCUT2D eigenvalue weighted by molar-refractivity contribution is 9.10. The molecular weight excluding hydrogens is 305 g/mol. The molecule has 1 aliphatic heterocycles. The van der Waals surface area contributed by atoms with Crippen LogP contribution in [0.3, 0.4) is 0 Å². The number of rotatable bonds is 3. The van der Waals surface area contributed by atoms with Gasteiger partial charge in [0.2, 0.25) is 0 Å². The van der Waals surface area contributed by atoms with Crippen LogP contribution in [-0.2, 0) is 11.2 Å². The molecule has 1 aromatic carbocycles. The van der Waals surface area contributed by atoms with Gasteiger partial charge in [0, 0.05) is 24.5 Å². The summed E-state index contributed by atoms with van der Waals surface area (Å²) in [6.07, 6.45) is 0.274. The van der Waals surface area contributed by atoms with Gasteiger partial charge in [-0.15, -0.1) is 0 Å². The van der Waals surface area contributed by atoms with Crippen molar-refractivity contribution in [3.05, 3.63) is 34.1 Å². The van der Waals surface area contributed by atoms with Crippen molar-refractivity contribution in [2.75, 3.05) is 18.1 Å². The fraction of sp³-hybridized carbons (Fsp3) is 0.417. The molecule has 1 saturated heterocycles. The van der Waals surface area contributed by atoms with Crippen molar-refractivity contribution >= 4 is 33.5 Å². The molecule has 0 spiro atoms. The van der Waals surface area contributed by atoms with Crippen molar-refractivity contribution in [1.29, 1.82) is 0 Å². The van der Waals surface area contributed by atoms with Crippen LogP contribution in [-0.4, -0.2) is 29.9 Å². The first-order chi connectivity index (χ1) is 8.18. The lowest BCUT2D eigenvalue weighted by molar-refractivity contribution is -0.119. The lowest BCUT2D eigenvalue weighted by atomic mass is 10.0. The SMILES string of the molecule is O=C(Cc1cccc(F)c1Br)C1CSCCN1. The summed E-state index contributed by atoms with van der Waals surface area (Å²) >= 11 is 4.96. The van der Waals surface area contributed by atoms with Crippen LogP contribution in [0.1, 0.15) is 5.56 Å². The van der Waals surface area contributed by atoms with E-state index >= 15 is 0 Å². The Balaban J connectivity index is 2.04. The third-order valence-electron chi connectivity index (χ3n) is 2.71. The number of carbonyl (C=O) groups excluding carboxylic acids is 1. The van der Waals surface area contributed by atoms with Crippen molar-refractivity contribution in [3.8, 4) is 0 Å². The van der Waals surface area contributed by atoms with E-state index in [-0.39, 0.29) is 24.1 Å². The van der Waals surface area contributed by atoms with Gasteiger partial charge in [0.05, 0.1) is 10.5 Å². The third-order valence-corrected chi connectivity index (χ3v) is 4.66. The quantitative estimate of drug-likeness (QED) is 0.928. The number of Topliss-reactive ketones (excluding diaryl/α,β-unsaturated/α-hetero) is 1. The van der Waals surface area contributed by atoms with Gasteiger partial charge in [0.15, 0.2) is 5.78 Å². The van der Waals surface area contributed by atoms with Crippen LogP contribution in [0.5, 0.6) is 0 Å². The van der Waals surface area contributed by atoms with Gasteiger partial charge in [-0.3, -0.25) is 4.79 Å². The summed E-state index contributed by atoms with van der Waals surface area (Å²) in [5.74, 6) is 1.67. The number of ketones is 1. The van der Waals surface area contributed by atoms with Gasteiger partial charge in [0.1, 0.15) is 5.82 Å². The van der Waals surface area contributed by atoms with E-state index < -0.39 is 0 Å². The van der Waals surface area contributed by atoms with Crippen LogP contribution in [0.2, 0.25) is 0 Å². The van der Waals surface area contributed by atoms with Gasteiger partial charge in [-0.2, -0.15) is 11.8 Å². The molecule has 1 atom stereocenters. The Bertz CT molecular complexity index is 421. The van der Waals surface area contributed by atoms with Crippen molar-refractivity contribution in [2.24, 2.45) is 0 Å². The zero-order valence-corrected chi connectivity index (χ0v) is 11.6. The average Bonchev–Trinajstić information content (AvgIpc) is 2.36. The van der Waals surface area contributed by atoms with E-state index in [1.54, 1.807) is 23.9 Å². The molecule has 1 fully saturated rings. The Labute approximate surface area is 112 Å². The zero-order chi connectivity index (χ0) is 12.3. The zero-order valence-electron chi connectivity index (χ0n) is 9.21. The molecule has 1 N–H and O–H groups in total. The molecule has 2 rings (SSSR count). The number of hydrogen-bond donors (Lipinski definition) is 1. The van der Waals surface area contributed by atoms with E-state index in [0.717, 1.165) is 18.1 Å². The maximum atomic E-state index is 13.3. The largest absolute Gasteiger partial charge is 0.306 e. The highest BCUT2D eigenvalue weighted by Crippen LogP contribution is 2.22. The number of carbonyl (C=O) groups is 1. The standard InChI is InChI=1S/C12H13BrFNOS/c13-12-8(2-1-3-9(12)14)6-11(16)10-7-17-5-4-15-10/h1-3,10,15H,4-7H2. The molecule has 0 aromatic heterocycles. The van der Waals surface area contributed by atoms with Crippen molar-refractivity contribution < 1.29 is 9.18 Å². The summed E-state index contributed by atoms with van der Waals surface area (Å²) in [6.45, 7) is 0.866. The first-order valence-electron chi connectivity index (χ1n) is 5.45. The molecule has 0 amide bonds. The lowest BCUT2D eigenvalue weighted by Crippen LogP contribution is -2.44. The normalized spacial score (nSPS) is 20.2. The molecule has 2 nitrogen and oxygen atoms in total. The minimum Gasteiger partial charge on any atom is -0.306 e. The minimum absolute atomic E-state index is 0.0936. The molecule has 92 valence electrons. The molecule has 0 aliphatic carbocycles. The summed E-state index contributed by atoms with van der Waals surface area (Å²) in [5, 5.41) is 3.19. The van der Waals surface area contributed by atoms with Crippen LogP contribution in [0.15, 0.2) is 22.7 Å². The first-order valence-corrected chi connectivity index (χ1v) is 7.40. The summed E-state index contributed by atoms with van der Waals surface area (Å²) < 4.78 is 13.7. The van der Waals surface area contributed by atoms with Gasteiger partial charge in [-0.1, -0.05) is 12.1 Å². The van der Waals surface area contributed by atoms with E-state index in [0.29, 0.717) is 10.0 Å². The van der Waals surface area contributed by atoms with Crippen LogP contribution in [0.25, 0.3) is 0 Å². The molecule has 0 saturated carbocycles. The van der Waals surface area contributed by atoms with Crippen LogP contribution >= 0.6 is 27.7 Å². The van der Waals surface area contributed by atoms with Gasteiger partial charge < -0.3 is 5.32 Å². The third kappa shape index (κ3) is 3.30. The van der Waals surface area contributed by atoms with Gasteiger partial charge in [0.25, 0.3) is 0 Å². The van der Waals surface area contributed by atoms with Crippen LogP contribution < -0.4 is 5.32 Å². The molecular formula is C12H13BrFNOS.